The van der Waals surface area contributed by atoms with Gasteiger partial charge in [0, 0.05) is 37.8 Å². The third-order valence-electron chi connectivity index (χ3n) is 4.65. The molecule has 2 aromatic rings. The Hall–Kier alpha value is -2.16. The molecule has 2 rings (SSSR count). The topological polar surface area (TPSA) is 64.1 Å². The van der Waals surface area contributed by atoms with Gasteiger partial charge in [-0.05, 0) is 17.9 Å². The number of aliphatic imine (C=N–C) groups is 1. The molecule has 0 spiro atoms. The van der Waals surface area contributed by atoms with Crippen LogP contribution in [0.2, 0.25) is 0 Å². The molecule has 0 aromatic heterocycles. The molecule has 2 N–H and O–H groups in total. The molecule has 0 fully saturated rings. The summed E-state index contributed by atoms with van der Waals surface area (Å²) in [6.45, 7) is 3.69. The van der Waals surface area contributed by atoms with E-state index in [9.17, 15) is 0 Å². The van der Waals surface area contributed by atoms with Crippen molar-refractivity contribution in [2.24, 2.45) is 4.99 Å². The van der Waals surface area contributed by atoms with Gasteiger partial charge in [-0.1, -0.05) is 37.3 Å². The Morgan fingerprint density at radius 1 is 0.966 bits per heavy atom. The highest BCUT2D eigenvalue weighted by atomic mass is 127. The molecule has 0 saturated carbocycles. The van der Waals surface area contributed by atoms with Crippen molar-refractivity contribution in [3.05, 3.63) is 53.6 Å². The second-order valence-electron chi connectivity index (χ2n) is 6.45. The summed E-state index contributed by atoms with van der Waals surface area (Å²) < 4.78 is 16.3. The van der Waals surface area contributed by atoms with Crippen molar-refractivity contribution in [1.82, 2.24) is 10.6 Å². The first-order valence-electron chi connectivity index (χ1n) is 9.41. The predicted octanol–water partition coefficient (Wildman–Crippen LogP) is 3.84. The number of hydrogen-bond acceptors (Lipinski definition) is 4. The molecule has 7 heteroatoms. The van der Waals surface area contributed by atoms with Crippen molar-refractivity contribution in [1.29, 1.82) is 0 Å². The van der Waals surface area contributed by atoms with Gasteiger partial charge in [-0.25, -0.2) is 0 Å². The monoisotopic (exact) mass is 513 g/mol. The normalized spacial score (nSPS) is 11.8. The van der Waals surface area contributed by atoms with Crippen LogP contribution in [0.25, 0.3) is 0 Å². The molecule has 0 amide bonds. The van der Waals surface area contributed by atoms with Gasteiger partial charge in [-0.15, -0.1) is 24.0 Å². The number of methoxy groups -OCH3 is 3. The molecule has 0 aliphatic carbocycles. The van der Waals surface area contributed by atoms with Crippen LogP contribution in [0.3, 0.4) is 0 Å². The Kier molecular flexibility index (Phi) is 11.3. The highest BCUT2D eigenvalue weighted by Crippen LogP contribution is 2.34. The maximum atomic E-state index is 5.51. The second-order valence-corrected chi connectivity index (χ2v) is 6.45. The lowest BCUT2D eigenvalue weighted by Crippen LogP contribution is -2.40. The van der Waals surface area contributed by atoms with Gasteiger partial charge in [-0.3, -0.25) is 4.99 Å². The van der Waals surface area contributed by atoms with E-state index >= 15 is 0 Å². The molecular weight excluding hydrogens is 481 g/mol. The molecule has 0 bridgehead atoms. The van der Waals surface area contributed by atoms with E-state index in [1.807, 2.05) is 18.2 Å². The summed E-state index contributed by atoms with van der Waals surface area (Å²) in [7, 11) is 6.70. The van der Waals surface area contributed by atoms with E-state index in [-0.39, 0.29) is 24.0 Å². The highest BCUT2D eigenvalue weighted by Gasteiger charge is 2.13. The standard InChI is InChI=1S/C22H31N3O3.HI/c1-16(17-9-7-6-8-10-17)15-25-22(23-2)24-12-11-19-20(27-4)13-18(26-3)14-21(19)28-5;/h6-10,13-14,16H,11-12,15H2,1-5H3,(H2,23,24,25);1H. The van der Waals surface area contributed by atoms with E-state index in [0.29, 0.717) is 18.2 Å². The number of halogens is 1. The Balaban J connectivity index is 0.00000420. The van der Waals surface area contributed by atoms with Crippen molar-refractivity contribution in [3.8, 4) is 17.2 Å². The van der Waals surface area contributed by atoms with Gasteiger partial charge in [0.05, 0.1) is 21.3 Å². The van der Waals surface area contributed by atoms with Gasteiger partial charge >= 0.3 is 0 Å². The molecule has 1 atom stereocenters. The van der Waals surface area contributed by atoms with E-state index in [2.05, 4.69) is 46.8 Å². The number of hydrogen-bond donors (Lipinski definition) is 2. The number of nitrogens with one attached hydrogen (secondary N) is 2. The largest absolute Gasteiger partial charge is 0.496 e. The number of guanidine groups is 1. The average Bonchev–Trinajstić information content (AvgIpc) is 2.75. The molecule has 0 aliphatic rings. The van der Waals surface area contributed by atoms with Crippen LogP contribution in [0.15, 0.2) is 47.5 Å². The Labute approximate surface area is 191 Å². The number of benzene rings is 2. The van der Waals surface area contributed by atoms with Gasteiger partial charge in [0.1, 0.15) is 17.2 Å². The molecule has 0 heterocycles. The van der Waals surface area contributed by atoms with Crippen LogP contribution in [0.5, 0.6) is 17.2 Å². The zero-order valence-electron chi connectivity index (χ0n) is 17.8. The lowest BCUT2D eigenvalue weighted by Gasteiger charge is -2.18. The third-order valence-corrected chi connectivity index (χ3v) is 4.65. The minimum absolute atomic E-state index is 0. The average molecular weight is 513 g/mol. The smallest absolute Gasteiger partial charge is 0.191 e. The van der Waals surface area contributed by atoms with Gasteiger partial charge in [0.25, 0.3) is 0 Å². The molecular formula is C22H32IN3O3. The lowest BCUT2D eigenvalue weighted by molar-refractivity contribution is 0.368. The van der Waals surface area contributed by atoms with Crippen molar-refractivity contribution < 1.29 is 14.2 Å². The molecule has 6 nitrogen and oxygen atoms in total. The van der Waals surface area contributed by atoms with Gasteiger partial charge in [0.15, 0.2) is 5.96 Å². The zero-order chi connectivity index (χ0) is 20.4. The summed E-state index contributed by atoms with van der Waals surface area (Å²) in [5, 5.41) is 6.74. The predicted molar refractivity (Wildman–Crippen MR) is 129 cm³/mol. The van der Waals surface area contributed by atoms with Crippen LogP contribution in [-0.2, 0) is 6.42 Å². The van der Waals surface area contributed by atoms with Crippen molar-refractivity contribution in [2.75, 3.05) is 41.5 Å². The fourth-order valence-electron chi connectivity index (χ4n) is 3.00. The Morgan fingerprint density at radius 2 is 1.59 bits per heavy atom. The molecule has 29 heavy (non-hydrogen) atoms. The summed E-state index contributed by atoms with van der Waals surface area (Å²) in [6, 6.07) is 14.2. The van der Waals surface area contributed by atoms with Crippen LogP contribution in [0.1, 0.15) is 24.0 Å². The summed E-state index contributed by atoms with van der Waals surface area (Å²) in [5.41, 5.74) is 2.30. The highest BCUT2D eigenvalue weighted by molar-refractivity contribution is 14.0. The van der Waals surface area contributed by atoms with Crippen LogP contribution in [0, 0.1) is 0 Å². The second kappa shape index (κ2) is 13.1. The van der Waals surface area contributed by atoms with Crippen molar-refractivity contribution in [2.45, 2.75) is 19.3 Å². The Bertz CT molecular complexity index is 744. The van der Waals surface area contributed by atoms with Gasteiger partial charge in [-0.2, -0.15) is 0 Å². The van der Waals surface area contributed by atoms with Crippen LogP contribution >= 0.6 is 24.0 Å². The van der Waals surface area contributed by atoms with Crippen molar-refractivity contribution in [3.63, 3.8) is 0 Å². The number of nitrogens with zero attached hydrogens (tertiary/aromatic N) is 1. The van der Waals surface area contributed by atoms with Crippen LogP contribution < -0.4 is 24.8 Å². The molecule has 0 aliphatic heterocycles. The first-order valence-corrected chi connectivity index (χ1v) is 9.41. The summed E-state index contributed by atoms with van der Waals surface area (Å²) in [5.74, 6) is 3.37. The fraction of sp³-hybridized carbons (Fsp3) is 0.409. The quantitative estimate of drug-likeness (QED) is 0.303. The maximum absolute atomic E-state index is 5.51. The van der Waals surface area contributed by atoms with E-state index in [4.69, 9.17) is 14.2 Å². The molecule has 2 aromatic carbocycles. The van der Waals surface area contributed by atoms with E-state index < -0.39 is 0 Å². The third kappa shape index (κ3) is 7.30. The number of rotatable bonds is 9. The molecule has 0 radical (unpaired) electrons. The fourth-order valence-corrected chi connectivity index (χ4v) is 3.00. The SMILES string of the molecule is CN=C(NCCc1c(OC)cc(OC)cc1OC)NCC(C)c1ccccc1.I. The molecule has 1 unspecified atom stereocenters. The van der Waals surface area contributed by atoms with E-state index in [0.717, 1.165) is 36.0 Å². The Morgan fingerprint density at radius 3 is 2.10 bits per heavy atom. The minimum atomic E-state index is 0. The lowest BCUT2D eigenvalue weighted by atomic mass is 10.0. The van der Waals surface area contributed by atoms with Gasteiger partial charge in [0.2, 0.25) is 0 Å². The summed E-state index contributed by atoms with van der Waals surface area (Å²) >= 11 is 0. The van der Waals surface area contributed by atoms with E-state index in [1.165, 1.54) is 5.56 Å². The first kappa shape index (κ1) is 24.9. The number of ether oxygens (including phenoxy) is 3. The minimum Gasteiger partial charge on any atom is -0.496 e. The van der Waals surface area contributed by atoms with E-state index in [1.54, 1.807) is 28.4 Å². The van der Waals surface area contributed by atoms with Crippen LogP contribution in [0.4, 0.5) is 0 Å². The first-order chi connectivity index (χ1) is 13.6. The van der Waals surface area contributed by atoms with Gasteiger partial charge < -0.3 is 24.8 Å². The summed E-state index contributed by atoms with van der Waals surface area (Å²) in [6.07, 6.45) is 0.727. The summed E-state index contributed by atoms with van der Waals surface area (Å²) in [4.78, 5) is 4.31. The molecule has 0 saturated heterocycles. The van der Waals surface area contributed by atoms with Crippen molar-refractivity contribution >= 4 is 29.9 Å². The maximum Gasteiger partial charge on any atom is 0.191 e. The zero-order valence-corrected chi connectivity index (χ0v) is 20.2. The van der Waals surface area contributed by atoms with Crippen LogP contribution in [-0.4, -0.2) is 47.4 Å². The molecule has 160 valence electrons.